The van der Waals surface area contributed by atoms with Crippen LogP contribution in [0.2, 0.25) is 0 Å². The quantitative estimate of drug-likeness (QED) is 0.494. The lowest BCUT2D eigenvalue weighted by Gasteiger charge is -2.27. The lowest BCUT2D eigenvalue weighted by Crippen LogP contribution is -2.20. The maximum absolute atomic E-state index is 6.38. The van der Waals surface area contributed by atoms with Gasteiger partial charge in [0.25, 0.3) is 0 Å². The minimum atomic E-state index is 0.118. The molecule has 4 atom stereocenters. The summed E-state index contributed by atoms with van der Waals surface area (Å²) >= 11 is 6.38. The molecule has 3 rings (SSSR count). The summed E-state index contributed by atoms with van der Waals surface area (Å²) in [4.78, 5) is 0. The molecule has 0 fully saturated rings. The molecule has 76 valence electrons. The summed E-state index contributed by atoms with van der Waals surface area (Å²) < 4.78 is 0. The Balaban J connectivity index is 2.21. The largest absolute Gasteiger partial charge is 0.118 e. The van der Waals surface area contributed by atoms with Crippen molar-refractivity contribution in [2.24, 2.45) is 5.92 Å². The van der Waals surface area contributed by atoms with Crippen LogP contribution in [0, 0.1) is 5.92 Å². The van der Waals surface area contributed by atoms with Gasteiger partial charge in [0.05, 0.1) is 5.38 Å². The topological polar surface area (TPSA) is 0 Å². The van der Waals surface area contributed by atoms with Gasteiger partial charge in [-0.25, -0.2) is 0 Å². The third-order valence-electron chi connectivity index (χ3n) is 3.66. The number of fused-ring (bicyclic) bond motifs is 5. The van der Waals surface area contributed by atoms with Crippen LogP contribution in [0.25, 0.3) is 0 Å². The highest BCUT2D eigenvalue weighted by atomic mass is 35.5. The molecule has 0 aliphatic heterocycles. The highest BCUT2D eigenvalue weighted by Gasteiger charge is 2.42. The van der Waals surface area contributed by atoms with E-state index in [0.717, 1.165) is 0 Å². The van der Waals surface area contributed by atoms with Crippen molar-refractivity contribution in [1.29, 1.82) is 0 Å². The average Bonchev–Trinajstić information content (AvgIpc) is 2.52. The normalized spacial score (nSPS) is 36.3. The summed E-state index contributed by atoms with van der Waals surface area (Å²) in [5.74, 6) is 1.41. The van der Waals surface area contributed by atoms with Crippen LogP contribution in [0.15, 0.2) is 49.1 Å². The monoisotopic (exact) mass is 216 g/mol. The number of allylic oxidation sites excluding steroid dienone is 3. The van der Waals surface area contributed by atoms with Gasteiger partial charge in [0.1, 0.15) is 0 Å². The third-order valence-corrected chi connectivity index (χ3v) is 4.08. The van der Waals surface area contributed by atoms with Crippen LogP contribution in [-0.4, -0.2) is 5.38 Å². The summed E-state index contributed by atoms with van der Waals surface area (Å²) in [6.45, 7) is 3.95. The fourth-order valence-corrected chi connectivity index (χ4v) is 3.40. The van der Waals surface area contributed by atoms with Gasteiger partial charge in [-0.2, -0.15) is 0 Å². The fourth-order valence-electron chi connectivity index (χ4n) is 3.01. The van der Waals surface area contributed by atoms with E-state index in [9.17, 15) is 0 Å². The van der Waals surface area contributed by atoms with E-state index in [1.165, 1.54) is 11.1 Å². The van der Waals surface area contributed by atoms with E-state index in [2.05, 4.69) is 49.1 Å². The van der Waals surface area contributed by atoms with Gasteiger partial charge in [-0.15, -0.1) is 18.2 Å². The van der Waals surface area contributed by atoms with Gasteiger partial charge in [-0.1, -0.05) is 42.5 Å². The van der Waals surface area contributed by atoms with Crippen molar-refractivity contribution in [3.8, 4) is 0 Å². The molecule has 0 aromatic heterocycles. The van der Waals surface area contributed by atoms with Crippen LogP contribution in [0.3, 0.4) is 0 Å². The molecular formula is C14H13Cl. The summed E-state index contributed by atoms with van der Waals surface area (Å²) in [6.07, 6.45) is 6.44. The zero-order chi connectivity index (χ0) is 10.4. The molecule has 0 nitrogen and oxygen atoms in total. The Bertz CT molecular complexity index is 433. The molecule has 0 radical (unpaired) electrons. The Morgan fingerprint density at radius 3 is 2.60 bits per heavy atom. The second kappa shape index (κ2) is 3.24. The van der Waals surface area contributed by atoms with Crippen LogP contribution in [0.5, 0.6) is 0 Å². The second-order valence-corrected chi connectivity index (χ2v) is 4.83. The number of hydrogen-bond donors (Lipinski definition) is 0. The van der Waals surface area contributed by atoms with Crippen molar-refractivity contribution in [2.45, 2.75) is 17.2 Å². The molecule has 15 heavy (non-hydrogen) atoms. The van der Waals surface area contributed by atoms with Gasteiger partial charge in [0.15, 0.2) is 0 Å². The summed E-state index contributed by atoms with van der Waals surface area (Å²) in [7, 11) is 0. The van der Waals surface area contributed by atoms with E-state index in [0.29, 0.717) is 17.8 Å². The Hall–Kier alpha value is -1.01. The molecule has 0 amide bonds. The number of benzene rings is 1. The smallest absolute Gasteiger partial charge is 0.0590 e. The predicted molar refractivity (Wildman–Crippen MR) is 64.4 cm³/mol. The average molecular weight is 217 g/mol. The van der Waals surface area contributed by atoms with Gasteiger partial charge in [-0.3, -0.25) is 0 Å². The maximum atomic E-state index is 6.38. The van der Waals surface area contributed by atoms with E-state index in [-0.39, 0.29) is 5.38 Å². The van der Waals surface area contributed by atoms with Crippen molar-refractivity contribution in [3.63, 3.8) is 0 Å². The fraction of sp³-hybridized carbons (Fsp3) is 0.286. The highest BCUT2D eigenvalue weighted by molar-refractivity contribution is 6.22. The van der Waals surface area contributed by atoms with Gasteiger partial charge in [0, 0.05) is 11.8 Å². The van der Waals surface area contributed by atoms with Crippen molar-refractivity contribution in [1.82, 2.24) is 0 Å². The van der Waals surface area contributed by atoms with E-state index in [1.807, 2.05) is 0 Å². The van der Waals surface area contributed by atoms with Gasteiger partial charge >= 0.3 is 0 Å². The Morgan fingerprint density at radius 1 is 1.13 bits per heavy atom. The summed E-state index contributed by atoms with van der Waals surface area (Å²) in [5, 5.41) is 0.118. The zero-order valence-corrected chi connectivity index (χ0v) is 9.19. The van der Waals surface area contributed by atoms with E-state index in [1.54, 1.807) is 0 Å². The molecule has 1 heteroatoms. The van der Waals surface area contributed by atoms with Crippen molar-refractivity contribution in [3.05, 3.63) is 60.2 Å². The molecule has 2 aliphatic rings. The SMILES string of the molecule is C=C[C@@H]1[C@H]2c3ccccc3[C@@H]1C=C[C@H]2Cl. The van der Waals surface area contributed by atoms with E-state index in [4.69, 9.17) is 11.6 Å². The number of alkyl halides is 1. The Kier molecular flexibility index (Phi) is 2.00. The first-order chi connectivity index (χ1) is 7.33. The molecule has 2 aliphatic carbocycles. The van der Waals surface area contributed by atoms with Crippen molar-refractivity contribution >= 4 is 11.6 Å². The molecule has 0 saturated heterocycles. The lowest BCUT2D eigenvalue weighted by molar-refractivity contribution is 0.503. The van der Waals surface area contributed by atoms with Crippen LogP contribution < -0.4 is 0 Å². The molecule has 0 saturated carbocycles. The molecule has 0 unspecified atom stereocenters. The predicted octanol–water partition coefficient (Wildman–Crippen LogP) is 3.85. The first kappa shape index (κ1) is 9.23. The highest BCUT2D eigenvalue weighted by Crippen LogP contribution is 2.53. The van der Waals surface area contributed by atoms with Crippen LogP contribution in [0.4, 0.5) is 0 Å². The molecule has 1 aromatic carbocycles. The minimum absolute atomic E-state index is 0.118. The lowest BCUT2D eigenvalue weighted by atomic mass is 9.81. The maximum Gasteiger partial charge on any atom is 0.0590 e. The standard InChI is InChI=1S/C14H13Cl/c1-2-9-11-7-8-13(15)14(9)12-6-4-3-5-10(11)12/h2-9,11,13-14H,1H2/t9-,11+,13+,14-/m0/s1. The zero-order valence-electron chi connectivity index (χ0n) is 8.44. The third kappa shape index (κ3) is 1.15. The molecule has 0 N–H and O–H groups in total. The minimum Gasteiger partial charge on any atom is -0.118 e. The molecule has 0 heterocycles. The summed E-state index contributed by atoms with van der Waals surface area (Å²) in [5.41, 5.74) is 2.85. The number of halogens is 1. The van der Waals surface area contributed by atoms with Crippen molar-refractivity contribution < 1.29 is 0 Å². The van der Waals surface area contributed by atoms with Crippen LogP contribution in [0.1, 0.15) is 23.0 Å². The van der Waals surface area contributed by atoms with Crippen LogP contribution in [-0.2, 0) is 0 Å². The number of rotatable bonds is 1. The second-order valence-electron chi connectivity index (χ2n) is 4.32. The van der Waals surface area contributed by atoms with Crippen LogP contribution >= 0.6 is 11.6 Å². The number of hydrogen-bond acceptors (Lipinski definition) is 0. The van der Waals surface area contributed by atoms with E-state index < -0.39 is 0 Å². The molecular weight excluding hydrogens is 204 g/mol. The van der Waals surface area contributed by atoms with Gasteiger partial charge < -0.3 is 0 Å². The van der Waals surface area contributed by atoms with Crippen molar-refractivity contribution in [2.75, 3.05) is 0 Å². The Morgan fingerprint density at radius 2 is 1.87 bits per heavy atom. The molecule has 2 bridgehead atoms. The Labute approximate surface area is 95.3 Å². The first-order valence-electron chi connectivity index (χ1n) is 5.36. The van der Waals surface area contributed by atoms with E-state index >= 15 is 0 Å². The van der Waals surface area contributed by atoms with Gasteiger partial charge in [-0.05, 0) is 17.0 Å². The summed E-state index contributed by atoms with van der Waals surface area (Å²) in [6, 6.07) is 8.63. The molecule has 0 spiro atoms. The van der Waals surface area contributed by atoms with Gasteiger partial charge in [0.2, 0.25) is 0 Å². The first-order valence-corrected chi connectivity index (χ1v) is 5.80. The molecule has 1 aromatic rings.